The Morgan fingerprint density at radius 1 is 1.22 bits per heavy atom. The van der Waals surface area contributed by atoms with E-state index in [1.165, 1.54) is 19.2 Å². The van der Waals surface area contributed by atoms with Gasteiger partial charge in [0.1, 0.15) is 0 Å². The number of nitrogens with zero attached hydrogens (tertiary/aromatic N) is 4. The highest BCUT2D eigenvalue weighted by molar-refractivity contribution is 7.80. The second-order valence-electron chi connectivity index (χ2n) is 7.22. The number of methoxy groups -OCH3 is 1. The average Bonchev–Trinajstić information content (AvgIpc) is 3.42. The normalized spacial score (nSPS) is 17.8. The topological polar surface area (TPSA) is 103 Å². The van der Waals surface area contributed by atoms with Gasteiger partial charge in [-0.3, -0.25) is 19.9 Å². The molecule has 2 atom stereocenters. The first-order valence-electron chi connectivity index (χ1n) is 9.96. The summed E-state index contributed by atoms with van der Waals surface area (Å²) in [6, 6.07) is 15.4. The minimum atomic E-state index is -0.425. The summed E-state index contributed by atoms with van der Waals surface area (Å²) < 4.78 is 6.77. The number of benzene rings is 1. The van der Waals surface area contributed by atoms with E-state index in [4.69, 9.17) is 17.0 Å². The number of pyridine rings is 1. The zero-order valence-corrected chi connectivity index (χ0v) is 18.1. The Morgan fingerprint density at radius 2 is 2.00 bits per heavy atom. The Hall–Kier alpha value is -3.79. The minimum Gasteiger partial charge on any atom is -0.469 e. The largest absolute Gasteiger partial charge is 0.469 e. The molecule has 4 rings (SSSR count). The van der Waals surface area contributed by atoms with E-state index in [0.29, 0.717) is 11.7 Å². The zero-order valence-electron chi connectivity index (χ0n) is 17.2. The fourth-order valence-electron chi connectivity index (χ4n) is 3.89. The summed E-state index contributed by atoms with van der Waals surface area (Å²) >= 11 is 5.61. The number of carbonyl (C=O) groups is 1. The molecule has 0 radical (unpaired) electrons. The van der Waals surface area contributed by atoms with Gasteiger partial charge in [0.25, 0.3) is 5.69 Å². The summed E-state index contributed by atoms with van der Waals surface area (Å²) in [4.78, 5) is 28.9. The summed E-state index contributed by atoms with van der Waals surface area (Å²) in [6.45, 7) is 0.373. The molecule has 164 valence electrons. The Bertz CT molecular complexity index is 1130. The number of aromatic nitrogens is 2. The lowest BCUT2D eigenvalue weighted by Crippen LogP contribution is -2.32. The molecule has 1 saturated heterocycles. The van der Waals surface area contributed by atoms with E-state index in [1.807, 2.05) is 46.0 Å². The number of nitro groups is 1. The Labute approximate surface area is 189 Å². The van der Waals surface area contributed by atoms with Crippen molar-refractivity contribution in [2.75, 3.05) is 13.7 Å². The molecule has 1 aliphatic rings. The molecule has 9 nitrogen and oxygen atoms in total. The molecule has 0 aliphatic carbocycles. The van der Waals surface area contributed by atoms with E-state index < -0.39 is 4.92 Å². The summed E-state index contributed by atoms with van der Waals surface area (Å²) in [5.41, 5.74) is 2.53. The highest BCUT2D eigenvalue weighted by atomic mass is 32.1. The van der Waals surface area contributed by atoms with Gasteiger partial charge in [0.15, 0.2) is 5.11 Å². The van der Waals surface area contributed by atoms with Crippen molar-refractivity contribution in [3.8, 4) is 5.69 Å². The van der Waals surface area contributed by atoms with Crippen molar-refractivity contribution in [3.63, 3.8) is 0 Å². The van der Waals surface area contributed by atoms with Crippen molar-refractivity contribution in [1.29, 1.82) is 0 Å². The Kier molecular flexibility index (Phi) is 6.13. The van der Waals surface area contributed by atoms with Crippen LogP contribution in [0.1, 0.15) is 29.9 Å². The fraction of sp³-hybridized carbons (Fsp3) is 0.227. The molecule has 1 fully saturated rings. The van der Waals surface area contributed by atoms with Gasteiger partial charge in [-0.15, -0.1) is 0 Å². The van der Waals surface area contributed by atoms with Crippen molar-refractivity contribution in [3.05, 3.63) is 88.5 Å². The van der Waals surface area contributed by atoms with Gasteiger partial charge in [-0.1, -0.05) is 6.07 Å². The number of carbonyl (C=O) groups excluding carboxylic acids is 1. The second kappa shape index (κ2) is 9.15. The Morgan fingerprint density at radius 3 is 2.66 bits per heavy atom. The van der Waals surface area contributed by atoms with Crippen LogP contribution in [0, 0.1) is 10.1 Å². The molecule has 1 N–H and O–H groups in total. The van der Waals surface area contributed by atoms with Crippen molar-refractivity contribution < 1.29 is 14.5 Å². The number of hydrogen-bond acceptors (Lipinski definition) is 6. The number of nitrogens with one attached hydrogen (secondary N) is 1. The van der Waals surface area contributed by atoms with Gasteiger partial charge >= 0.3 is 5.97 Å². The monoisotopic (exact) mass is 451 g/mol. The summed E-state index contributed by atoms with van der Waals surface area (Å²) in [7, 11) is 1.36. The third-order valence-electron chi connectivity index (χ3n) is 5.40. The van der Waals surface area contributed by atoms with Crippen LogP contribution in [-0.4, -0.2) is 44.1 Å². The molecule has 0 saturated carbocycles. The predicted octanol–water partition coefficient (Wildman–Crippen LogP) is 3.32. The van der Waals surface area contributed by atoms with Crippen molar-refractivity contribution in [2.45, 2.75) is 18.5 Å². The number of thiocarbonyl (C=S) groups is 1. The lowest BCUT2D eigenvalue weighted by molar-refractivity contribution is -0.384. The maximum absolute atomic E-state index is 11.8. The van der Waals surface area contributed by atoms with E-state index in [9.17, 15) is 14.9 Å². The van der Waals surface area contributed by atoms with Crippen LogP contribution in [0.4, 0.5) is 5.69 Å². The average molecular weight is 452 g/mol. The van der Waals surface area contributed by atoms with Crippen LogP contribution in [0.3, 0.4) is 0 Å². The fourth-order valence-corrected chi connectivity index (χ4v) is 4.22. The van der Waals surface area contributed by atoms with Crippen LogP contribution < -0.4 is 5.32 Å². The van der Waals surface area contributed by atoms with Gasteiger partial charge in [0.05, 0.1) is 36.2 Å². The van der Waals surface area contributed by atoms with E-state index in [0.717, 1.165) is 17.1 Å². The van der Waals surface area contributed by atoms with Gasteiger partial charge in [-0.2, -0.15) is 0 Å². The number of hydrogen-bond donors (Lipinski definition) is 1. The molecular formula is C22H21N5O4S. The second-order valence-corrected chi connectivity index (χ2v) is 7.61. The predicted molar refractivity (Wildman–Crippen MR) is 121 cm³/mol. The quantitative estimate of drug-likeness (QED) is 0.253. The molecule has 1 aliphatic heterocycles. The molecule has 10 heteroatoms. The molecule has 0 unspecified atom stereocenters. The van der Waals surface area contributed by atoms with Crippen LogP contribution in [0.25, 0.3) is 5.69 Å². The molecule has 0 amide bonds. The summed E-state index contributed by atoms with van der Waals surface area (Å²) in [5, 5.41) is 14.9. The number of nitro benzene ring substituents is 1. The molecule has 32 heavy (non-hydrogen) atoms. The molecule has 0 bridgehead atoms. The van der Waals surface area contributed by atoms with Crippen LogP contribution in [-0.2, 0) is 9.53 Å². The molecule has 3 heterocycles. The number of rotatable bonds is 7. The standard InChI is InChI=1S/C22H21N5O4S/c1-31-19(28)11-14-26-21(20(24-22(26)32)17-5-2-3-12-23-17)18-6-4-13-25(18)15-7-9-16(10-8-15)27(29)30/h2-10,12-13,20-21H,11,14H2,1H3,(H,24,32)/t20-,21+/m1/s1. The van der Waals surface area contributed by atoms with Gasteiger partial charge in [0.2, 0.25) is 0 Å². The van der Waals surface area contributed by atoms with Gasteiger partial charge in [-0.25, -0.2) is 0 Å². The smallest absolute Gasteiger partial charge is 0.307 e. The van der Waals surface area contributed by atoms with E-state index in [1.54, 1.807) is 18.3 Å². The van der Waals surface area contributed by atoms with Crippen LogP contribution in [0.5, 0.6) is 0 Å². The van der Waals surface area contributed by atoms with Crippen molar-refractivity contribution >= 4 is 29.0 Å². The first-order chi connectivity index (χ1) is 15.5. The maximum atomic E-state index is 11.8. The van der Waals surface area contributed by atoms with Gasteiger partial charge in [0, 0.05) is 42.5 Å². The van der Waals surface area contributed by atoms with Crippen LogP contribution in [0.15, 0.2) is 67.0 Å². The number of non-ortho nitro benzene ring substituents is 1. The van der Waals surface area contributed by atoms with Crippen molar-refractivity contribution in [1.82, 2.24) is 19.8 Å². The number of ether oxygens (including phenoxy) is 1. The lowest BCUT2D eigenvalue weighted by Gasteiger charge is -2.28. The minimum absolute atomic E-state index is 0.0252. The van der Waals surface area contributed by atoms with E-state index in [2.05, 4.69) is 10.3 Å². The van der Waals surface area contributed by atoms with Crippen molar-refractivity contribution in [2.24, 2.45) is 0 Å². The third-order valence-corrected chi connectivity index (χ3v) is 5.76. The molecule has 2 aromatic heterocycles. The molecule has 1 aromatic carbocycles. The third kappa shape index (κ3) is 4.17. The zero-order chi connectivity index (χ0) is 22.7. The Balaban J connectivity index is 1.74. The van der Waals surface area contributed by atoms with Gasteiger partial charge in [-0.05, 0) is 48.6 Å². The molecule has 0 spiro atoms. The maximum Gasteiger partial charge on any atom is 0.307 e. The first-order valence-corrected chi connectivity index (χ1v) is 10.4. The number of esters is 1. The van der Waals surface area contributed by atoms with Gasteiger partial charge < -0.3 is 19.5 Å². The highest BCUT2D eigenvalue weighted by Crippen LogP contribution is 2.39. The van der Waals surface area contributed by atoms with Crippen LogP contribution >= 0.6 is 12.2 Å². The summed E-state index contributed by atoms with van der Waals surface area (Å²) in [6.07, 6.45) is 3.80. The van der Waals surface area contributed by atoms with E-state index in [-0.39, 0.29) is 30.2 Å². The molecule has 3 aromatic rings. The lowest BCUT2D eigenvalue weighted by atomic mass is 10.0. The SMILES string of the molecule is COC(=O)CCN1C(=S)N[C@H](c2ccccn2)[C@@H]1c1cccn1-c1ccc([N+](=O)[O-])cc1. The first kappa shape index (κ1) is 21.4. The highest BCUT2D eigenvalue weighted by Gasteiger charge is 2.41. The molecular weight excluding hydrogens is 430 g/mol. The van der Waals surface area contributed by atoms with E-state index >= 15 is 0 Å². The summed E-state index contributed by atoms with van der Waals surface area (Å²) in [5.74, 6) is -0.321. The van der Waals surface area contributed by atoms with Crippen LogP contribution in [0.2, 0.25) is 0 Å².